The standard InChI is InChI=1S/C17H26/c1-2-6-15-9-12-17(13-10-15)14-11-16-7-4-3-5-8-16/h3-5,7-8,15,17H,2,6,9-14H2,1H3/t15-,17-. The summed E-state index contributed by atoms with van der Waals surface area (Å²) < 4.78 is 0. The van der Waals surface area contributed by atoms with E-state index in [0.717, 1.165) is 11.8 Å². The molecule has 0 bridgehead atoms. The molecule has 0 heteroatoms. The Morgan fingerprint density at radius 2 is 1.47 bits per heavy atom. The van der Waals surface area contributed by atoms with Gasteiger partial charge in [-0.2, -0.15) is 0 Å². The minimum Gasteiger partial charge on any atom is -0.0654 e. The fraction of sp³-hybridized carbons (Fsp3) is 0.647. The highest BCUT2D eigenvalue weighted by molar-refractivity contribution is 5.14. The van der Waals surface area contributed by atoms with Crippen LogP contribution in [0.2, 0.25) is 0 Å². The monoisotopic (exact) mass is 230 g/mol. The van der Waals surface area contributed by atoms with E-state index in [4.69, 9.17) is 0 Å². The molecule has 0 unspecified atom stereocenters. The molecule has 1 saturated carbocycles. The van der Waals surface area contributed by atoms with Gasteiger partial charge in [0.25, 0.3) is 0 Å². The van der Waals surface area contributed by atoms with Crippen molar-refractivity contribution in [2.24, 2.45) is 11.8 Å². The molecule has 0 aliphatic heterocycles. The summed E-state index contributed by atoms with van der Waals surface area (Å²) in [7, 11) is 0. The Morgan fingerprint density at radius 3 is 2.06 bits per heavy atom. The molecule has 94 valence electrons. The first-order chi connectivity index (χ1) is 8.38. The molecule has 0 N–H and O–H groups in total. The maximum atomic E-state index is 2.32. The van der Waals surface area contributed by atoms with Crippen molar-refractivity contribution < 1.29 is 0 Å². The van der Waals surface area contributed by atoms with E-state index in [-0.39, 0.29) is 0 Å². The number of benzene rings is 1. The van der Waals surface area contributed by atoms with Gasteiger partial charge in [0.05, 0.1) is 0 Å². The second-order valence-corrected chi connectivity index (χ2v) is 5.70. The molecule has 0 saturated heterocycles. The van der Waals surface area contributed by atoms with Crippen LogP contribution in [0, 0.1) is 11.8 Å². The summed E-state index contributed by atoms with van der Waals surface area (Å²) in [5.74, 6) is 2.05. The van der Waals surface area contributed by atoms with Gasteiger partial charge in [0, 0.05) is 0 Å². The Labute approximate surface area is 106 Å². The molecule has 0 radical (unpaired) electrons. The topological polar surface area (TPSA) is 0 Å². The van der Waals surface area contributed by atoms with Crippen LogP contribution in [0.25, 0.3) is 0 Å². The maximum Gasteiger partial charge on any atom is -0.0276 e. The number of hydrogen-bond donors (Lipinski definition) is 0. The van der Waals surface area contributed by atoms with Crippen molar-refractivity contribution in [2.75, 3.05) is 0 Å². The van der Waals surface area contributed by atoms with E-state index in [0.29, 0.717) is 0 Å². The van der Waals surface area contributed by atoms with Gasteiger partial charge in [0.1, 0.15) is 0 Å². The summed E-state index contributed by atoms with van der Waals surface area (Å²) in [5, 5.41) is 0. The third-order valence-corrected chi connectivity index (χ3v) is 4.35. The van der Waals surface area contributed by atoms with Crippen molar-refractivity contribution in [3.63, 3.8) is 0 Å². The van der Waals surface area contributed by atoms with Gasteiger partial charge in [-0.05, 0) is 30.2 Å². The van der Waals surface area contributed by atoms with Crippen molar-refractivity contribution in [3.8, 4) is 0 Å². The largest absolute Gasteiger partial charge is 0.0654 e. The molecule has 0 heterocycles. The van der Waals surface area contributed by atoms with Crippen LogP contribution in [0.3, 0.4) is 0 Å². The molecule has 1 aliphatic carbocycles. The molecule has 2 rings (SSSR count). The molecule has 1 fully saturated rings. The predicted octanol–water partition coefficient (Wildman–Crippen LogP) is 5.23. The molecular weight excluding hydrogens is 204 g/mol. The third-order valence-electron chi connectivity index (χ3n) is 4.35. The normalized spacial score (nSPS) is 24.8. The lowest BCUT2D eigenvalue weighted by molar-refractivity contribution is 0.252. The van der Waals surface area contributed by atoms with Crippen LogP contribution in [-0.4, -0.2) is 0 Å². The van der Waals surface area contributed by atoms with Crippen LogP contribution < -0.4 is 0 Å². The van der Waals surface area contributed by atoms with Crippen molar-refractivity contribution in [2.45, 2.75) is 58.3 Å². The highest BCUT2D eigenvalue weighted by atomic mass is 14.3. The molecule has 1 aliphatic rings. The maximum absolute atomic E-state index is 2.32. The van der Waals surface area contributed by atoms with Crippen LogP contribution in [0.5, 0.6) is 0 Å². The second-order valence-electron chi connectivity index (χ2n) is 5.70. The number of aryl methyl sites for hydroxylation is 1. The first-order valence-corrected chi connectivity index (χ1v) is 7.42. The summed E-state index contributed by atoms with van der Waals surface area (Å²) in [4.78, 5) is 0. The minimum atomic E-state index is 1.00. The van der Waals surface area contributed by atoms with E-state index >= 15 is 0 Å². The van der Waals surface area contributed by atoms with Gasteiger partial charge in [-0.15, -0.1) is 0 Å². The lowest BCUT2D eigenvalue weighted by Gasteiger charge is -2.28. The zero-order valence-electron chi connectivity index (χ0n) is 11.2. The first kappa shape index (κ1) is 12.7. The Hall–Kier alpha value is -0.780. The third kappa shape index (κ3) is 4.18. The van der Waals surface area contributed by atoms with Crippen LogP contribution in [-0.2, 0) is 6.42 Å². The Bertz CT molecular complexity index is 293. The lowest BCUT2D eigenvalue weighted by atomic mass is 9.78. The fourth-order valence-electron chi connectivity index (χ4n) is 3.23. The SMILES string of the molecule is CCC[C@H]1CC[C@H](CCc2ccccc2)CC1. The zero-order valence-corrected chi connectivity index (χ0v) is 11.2. The van der Waals surface area contributed by atoms with E-state index in [2.05, 4.69) is 37.3 Å². The molecule has 1 aromatic carbocycles. The first-order valence-electron chi connectivity index (χ1n) is 7.42. The van der Waals surface area contributed by atoms with Gasteiger partial charge in [-0.1, -0.05) is 75.8 Å². The van der Waals surface area contributed by atoms with Gasteiger partial charge in [-0.3, -0.25) is 0 Å². The summed E-state index contributed by atoms with van der Waals surface area (Å²) >= 11 is 0. The van der Waals surface area contributed by atoms with Gasteiger partial charge in [-0.25, -0.2) is 0 Å². The second kappa shape index (κ2) is 6.83. The molecular formula is C17H26. The van der Waals surface area contributed by atoms with Crippen molar-refractivity contribution in [1.82, 2.24) is 0 Å². The molecule has 1 aromatic rings. The zero-order chi connectivity index (χ0) is 11.9. The molecule has 0 nitrogen and oxygen atoms in total. The Morgan fingerprint density at radius 1 is 0.882 bits per heavy atom. The van der Waals surface area contributed by atoms with Crippen molar-refractivity contribution in [1.29, 1.82) is 0 Å². The molecule has 17 heavy (non-hydrogen) atoms. The van der Waals surface area contributed by atoms with Gasteiger partial charge in [0.15, 0.2) is 0 Å². The summed E-state index contributed by atoms with van der Waals surface area (Å²) in [6, 6.07) is 11.0. The summed E-state index contributed by atoms with van der Waals surface area (Å²) in [5.41, 5.74) is 1.52. The molecule has 0 spiro atoms. The lowest BCUT2D eigenvalue weighted by Crippen LogP contribution is -2.15. The van der Waals surface area contributed by atoms with Crippen molar-refractivity contribution >= 4 is 0 Å². The van der Waals surface area contributed by atoms with Crippen LogP contribution in [0.4, 0.5) is 0 Å². The fourth-order valence-corrected chi connectivity index (χ4v) is 3.23. The smallest absolute Gasteiger partial charge is 0.0276 e. The Kier molecular flexibility index (Phi) is 5.09. The summed E-state index contributed by atoms with van der Waals surface area (Å²) in [6.45, 7) is 2.32. The number of rotatable bonds is 5. The van der Waals surface area contributed by atoms with Gasteiger partial charge >= 0.3 is 0 Å². The average Bonchev–Trinajstić information content (AvgIpc) is 2.40. The average molecular weight is 230 g/mol. The van der Waals surface area contributed by atoms with E-state index < -0.39 is 0 Å². The highest BCUT2D eigenvalue weighted by Crippen LogP contribution is 2.33. The molecule has 0 aromatic heterocycles. The highest BCUT2D eigenvalue weighted by Gasteiger charge is 2.20. The van der Waals surface area contributed by atoms with E-state index in [1.807, 2.05) is 0 Å². The van der Waals surface area contributed by atoms with E-state index in [1.54, 1.807) is 0 Å². The van der Waals surface area contributed by atoms with Crippen LogP contribution >= 0.6 is 0 Å². The van der Waals surface area contributed by atoms with Crippen LogP contribution in [0.1, 0.15) is 57.4 Å². The molecule has 0 atom stereocenters. The van der Waals surface area contributed by atoms with Crippen LogP contribution in [0.15, 0.2) is 30.3 Å². The van der Waals surface area contributed by atoms with Crippen molar-refractivity contribution in [3.05, 3.63) is 35.9 Å². The minimum absolute atomic E-state index is 1.00. The summed E-state index contributed by atoms with van der Waals surface area (Å²) in [6.07, 6.45) is 11.5. The van der Waals surface area contributed by atoms with E-state index in [1.165, 1.54) is 56.9 Å². The quantitative estimate of drug-likeness (QED) is 0.650. The predicted molar refractivity (Wildman–Crippen MR) is 75.1 cm³/mol. The molecule has 0 amide bonds. The number of hydrogen-bond acceptors (Lipinski definition) is 0. The van der Waals surface area contributed by atoms with Gasteiger partial charge < -0.3 is 0 Å². The Balaban J connectivity index is 1.68. The van der Waals surface area contributed by atoms with E-state index in [9.17, 15) is 0 Å². The van der Waals surface area contributed by atoms with Gasteiger partial charge in [0.2, 0.25) is 0 Å².